The number of carbonyl (C=O) groups excluding carboxylic acids is 1. The second-order valence-corrected chi connectivity index (χ2v) is 7.66. The Kier molecular flexibility index (Phi) is 6.52. The number of aliphatic hydroxyl groups excluding tert-OH is 1. The number of hydrogen-bond donors (Lipinski definition) is 2. The molecule has 4 rings (SSSR count). The number of carbonyl (C=O) groups is 1. The van der Waals surface area contributed by atoms with E-state index in [1.165, 1.54) is 17.0 Å². The number of aromatic amines is 1. The summed E-state index contributed by atoms with van der Waals surface area (Å²) in [7, 11) is 1.56. The van der Waals surface area contributed by atoms with Gasteiger partial charge in [0, 0.05) is 36.3 Å². The minimum atomic E-state index is -0.696. The second-order valence-electron chi connectivity index (χ2n) is 7.66. The molecule has 0 spiro atoms. The van der Waals surface area contributed by atoms with Gasteiger partial charge in [-0.3, -0.25) is 14.9 Å². The summed E-state index contributed by atoms with van der Waals surface area (Å²) in [5.41, 5.74) is 3.19. The lowest BCUT2D eigenvalue weighted by Gasteiger charge is -2.20. The zero-order chi connectivity index (χ0) is 24.2. The molecule has 2 N–H and O–H groups in total. The summed E-state index contributed by atoms with van der Waals surface area (Å²) in [4.78, 5) is 18.8. The standard InChI is InChI=1S/C25H22FN5O3/c1-3-34-23-9-19(21(26)8-18(23)16-6-4-5-15(7-16)10-27)25(33)31(2)13-17-11-28-22(14-32)20-12-29-30-24(17)20/h4-9,11-12,32H,3,13-14H2,1-2H3,(H,29,30). The average molecular weight is 459 g/mol. The zero-order valence-corrected chi connectivity index (χ0v) is 18.7. The largest absolute Gasteiger partial charge is 0.493 e. The SMILES string of the molecule is CCOc1cc(C(=O)N(C)Cc2cnc(CO)c3cn[nH]c23)c(F)cc1-c1cccc(C#N)c1. The van der Waals surface area contributed by atoms with Crippen molar-refractivity contribution in [3.63, 3.8) is 0 Å². The first kappa shape index (κ1) is 22.9. The van der Waals surface area contributed by atoms with Crippen molar-refractivity contribution in [1.29, 1.82) is 5.26 Å². The second kappa shape index (κ2) is 9.68. The van der Waals surface area contributed by atoms with Crippen molar-refractivity contribution >= 4 is 16.8 Å². The van der Waals surface area contributed by atoms with Crippen molar-refractivity contribution < 1.29 is 19.0 Å². The maximum atomic E-state index is 15.2. The van der Waals surface area contributed by atoms with Gasteiger partial charge >= 0.3 is 0 Å². The Morgan fingerprint density at radius 2 is 2.12 bits per heavy atom. The van der Waals surface area contributed by atoms with E-state index in [1.54, 1.807) is 50.6 Å². The van der Waals surface area contributed by atoms with Gasteiger partial charge in [0.2, 0.25) is 0 Å². The lowest BCUT2D eigenvalue weighted by molar-refractivity contribution is 0.0780. The van der Waals surface area contributed by atoms with Crippen molar-refractivity contribution in [3.8, 4) is 22.9 Å². The van der Waals surface area contributed by atoms with Gasteiger partial charge in [-0.1, -0.05) is 12.1 Å². The summed E-state index contributed by atoms with van der Waals surface area (Å²) in [5, 5.41) is 26.2. The van der Waals surface area contributed by atoms with Crippen LogP contribution < -0.4 is 4.74 Å². The number of nitriles is 1. The van der Waals surface area contributed by atoms with Crippen molar-refractivity contribution in [2.24, 2.45) is 0 Å². The Morgan fingerprint density at radius 3 is 2.85 bits per heavy atom. The Bertz CT molecular complexity index is 1410. The summed E-state index contributed by atoms with van der Waals surface area (Å²) in [6, 6.07) is 11.5. The lowest BCUT2D eigenvalue weighted by atomic mass is 9.99. The molecule has 0 aliphatic carbocycles. The number of rotatable bonds is 7. The van der Waals surface area contributed by atoms with E-state index in [2.05, 4.69) is 21.3 Å². The fraction of sp³-hybridized carbons (Fsp3) is 0.200. The minimum Gasteiger partial charge on any atom is -0.493 e. The van der Waals surface area contributed by atoms with E-state index < -0.39 is 11.7 Å². The van der Waals surface area contributed by atoms with E-state index in [4.69, 9.17) is 4.74 Å². The monoisotopic (exact) mass is 459 g/mol. The molecule has 2 heterocycles. The van der Waals surface area contributed by atoms with E-state index in [0.29, 0.717) is 51.2 Å². The number of aliphatic hydroxyl groups is 1. The number of ether oxygens (including phenoxy) is 1. The number of halogens is 1. The molecule has 8 nitrogen and oxygen atoms in total. The number of aromatic nitrogens is 3. The van der Waals surface area contributed by atoms with Crippen LogP contribution in [0, 0.1) is 17.1 Å². The molecule has 0 saturated carbocycles. The van der Waals surface area contributed by atoms with Crippen molar-refractivity contribution in [1.82, 2.24) is 20.1 Å². The normalized spacial score (nSPS) is 10.8. The third-order valence-electron chi connectivity index (χ3n) is 5.45. The van der Waals surface area contributed by atoms with Crippen LogP contribution in [0.2, 0.25) is 0 Å². The first-order valence-corrected chi connectivity index (χ1v) is 10.6. The molecule has 0 unspecified atom stereocenters. The smallest absolute Gasteiger partial charge is 0.257 e. The van der Waals surface area contributed by atoms with Crippen molar-refractivity contribution in [2.75, 3.05) is 13.7 Å². The van der Waals surface area contributed by atoms with Crippen LogP contribution in [-0.2, 0) is 13.2 Å². The molecule has 0 radical (unpaired) electrons. The molecule has 9 heteroatoms. The molecule has 0 fully saturated rings. The van der Waals surface area contributed by atoms with E-state index in [0.717, 1.165) is 0 Å². The number of benzene rings is 2. The third-order valence-corrected chi connectivity index (χ3v) is 5.45. The van der Waals surface area contributed by atoms with Gasteiger partial charge < -0.3 is 14.7 Å². The van der Waals surface area contributed by atoms with Gasteiger partial charge in [0.25, 0.3) is 5.91 Å². The molecular formula is C25H22FN5O3. The summed E-state index contributed by atoms with van der Waals surface area (Å²) >= 11 is 0. The van der Waals surface area contributed by atoms with Gasteiger partial charge in [-0.2, -0.15) is 10.4 Å². The molecule has 4 aromatic rings. The molecule has 1 amide bonds. The Morgan fingerprint density at radius 1 is 1.29 bits per heavy atom. The van der Waals surface area contributed by atoms with Crippen LogP contribution >= 0.6 is 0 Å². The van der Waals surface area contributed by atoms with Crippen LogP contribution in [0.1, 0.15) is 34.1 Å². The molecular weight excluding hydrogens is 437 g/mol. The number of pyridine rings is 1. The molecule has 34 heavy (non-hydrogen) atoms. The number of H-pyrrole nitrogens is 1. The molecule has 2 aromatic carbocycles. The predicted molar refractivity (Wildman–Crippen MR) is 123 cm³/mol. The summed E-state index contributed by atoms with van der Waals surface area (Å²) in [6.07, 6.45) is 3.12. The first-order valence-electron chi connectivity index (χ1n) is 10.6. The molecule has 0 atom stereocenters. The highest BCUT2D eigenvalue weighted by molar-refractivity contribution is 5.96. The lowest BCUT2D eigenvalue weighted by Crippen LogP contribution is -2.27. The fourth-order valence-corrected chi connectivity index (χ4v) is 3.79. The van der Waals surface area contributed by atoms with Crippen LogP contribution in [0.15, 0.2) is 48.8 Å². The minimum absolute atomic E-state index is 0.132. The van der Waals surface area contributed by atoms with Crippen LogP contribution in [0.3, 0.4) is 0 Å². The number of amides is 1. The molecule has 2 aromatic heterocycles. The fourth-order valence-electron chi connectivity index (χ4n) is 3.79. The highest BCUT2D eigenvalue weighted by Crippen LogP contribution is 2.34. The zero-order valence-electron chi connectivity index (χ0n) is 18.7. The average Bonchev–Trinajstić information content (AvgIpc) is 3.35. The highest BCUT2D eigenvalue weighted by Gasteiger charge is 2.22. The maximum Gasteiger partial charge on any atom is 0.257 e. The molecule has 0 saturated heterocycles. The Balaban J connectivity index is 1.67. The number of fused-ring (bicyclic) bond motifs is 1. The van der Waals surface area contributed by atoms with Gasteiger partial charge in [-0.15, -0.1) is 0 Å². The maximum absolute atomic E-state index is 15.2. The van der Waals surface area contributed by atoms with Crippen LogP contribution in [-0.4, -0.2) is 44.7 Å². The summed E-state index contributed by atoms with van der Waals surface area (Å²) in [6.45, 7) is 2.03. The Hall–Kier alpha value is -4.29. The van der Waals surface area contributed by atoms with Crippen LogP contribution in [0.25, 0.3) is 22.0 Å². The molecule has 0 bridgehead atoms. The quantitative estimate of drug-likeness (QED) is 0.434. The topological polar surface area (TPSA) is 115 Å². The van der Waals surface area contributed by atoms with E-state index in [-0.39, 0.29) is 18.7 Å². The molecule has 172 valence electrons. The van der Waals surface area contributed by atoms with Gasteiger partial charge in [-0.05, 0) is 36.8 Å². The van der Waals surface area contributed by atoms with E-state index in [1.807, 2.05) is 0 Å². The van der Waals surface area contributed by atoms with Gasteiger partial charge in [0.1, 0.15) is 11.6 Å². The van der Waals surface area contributed by atoms with Crippen molar-refractivity contribution in [2.45, 2.75) is 20.1 Å². The summed E-state index contributed by atoms with van der Waals surface area (Å²) < 4.78 is 20.9. The molecule has 0 aliphatic rings. The summed E-state index contributed by atoms with van der Waals surface area (Å²) in [5.74, 6) is -0.881. The van der Waals surface area contributed by atoms with Gasteiger partial charge in [-0.25, -0.2) is 4.39 Å². The van der Waals surface area contributed by atoms with Crippen molar-refractivity contribution in [3.05, 3.63) is 77.0 Å². The van der Waals surface area contributed by atoms with E-state index in [9.17, 15) is 15.2 Å². The van der Waals surface area contributed by atoms with Gasteiger partial charge in [0.15, 0.2) is 0 Å². The third kappa shape index (κ3) is 4.31. The predicted octanol–water partition coefficient (Wildman–Crippen LogP) is 3.80. The number of hydrogen-bond acceptors (Lipinski definition) is 6. The number of nitrogens with one attached hydrogen (secondary N) is 1. The number of nitrogens with zero attached hydrogens (tertiary/aromatic N) is 4. The highest BCUT2D eigenvalue weighted by atomic mass is 19.1. The first-order chi connectivity index (χ1) is 16.5. The Labute approximate surface area is 195 Å². The molecule has 0 aliphatic heterocycles. The van der Waals surface area contributed by atoms with Gasteiger partial charge in [0.05, 0.1) is 47.8 Å². The van der Waals surface area contributed by atoms with Crippen LogP contribution in [0.4, 0.5) is 4.39 Å². The van der Waals surface area contributed by atoms with Crippen LogP contribution in [0.5, 0.6) is 5.75 Å². The van der Waals surface area contributed by atoms with E-state index >= 15 is 4.39 Å².